The van der Waals surface area contributed by atoms with Crippen molar-refractivity contribution < 1.29 is 14.3 Å². The van der Waals surface area contributed by atoms with E-state index in [1.54, 1.807) is 0 Å². The molecule has 18 heavy (non-hydrogen) atoms. The number of ether oxygens (including phenoxy) is 1. The fourth-order valence-electron chi connectivity index (χ4n) is 2.53. The smallest absolute Gasteiger partial charge is 0.243 e. The minimum absolute atomic E-state index is 0.181. The number of nitrogens with one attached hydrogen (secondary N) is 1. The van der Waals surface area contributed by atoms with Crippen molar-refractivity contribution in [3.05, 3.63) is 11.6 Å². The Morgan fingerprint density at radius 2 is 2.17 bits per heavy atom. The first-order chi connectivity index (χ1) is 8.37. The van der Waals surface area contributed by atoms with Crippen molar-refractivity contribution in [3.63, 3.8) is 0 Å². The van der Waals surface area contributed by atoms with E-state index < -0.39 is 0 Å². The highest BCUT2D eigenvalue weighted by Gasteiger charge is 2.34. The summed E-state index contributed by atoms with van der Waals surface area (Å²) in [6.07, 6.45) is 3.06. The van der Waals surface area contributed by atoms with Gasteiger partial charge in [0.1, 0.15) is 6.73 Å². The molecule has 0 bridgehead atoms. The maximum Gasteiger partial charge on any atom is 0.243 e. The number of rotatable bonds is 1. The van der Waals surface area contributed by atoms with Crippen molar-refractivity contribution in [1.82, 2.24) is 10.2 Å². The van der Waals surface area contributed by atoms with Crippen LogP contribution in [0.1, 0.15) is 33.6 Å². The maximum atomic E-state index is 11.8. The van der Waals surface area contributed by atoms with E-state index in [9.17, 15) is 9.59 Å². The van der Waals surface area contributed by atoms with E-state index in [2.05, 4.69) is 11.4 Å². The van der Waals surface area contributed by atoms with E-state index in [1.807, 2.05) is 25.7 Å². The highest BCUT2D eigenvalue weighted by atomic mass is 16.5. The standard InChI is InChI=1S/C13H20N2O3/c1-9-6-13(2,3)18-8-15(7-9)10-4-5-11(16)14-12(10)17/h6,10H,4-5,7-8H2,1-3H3,(H,14,16,17). The number of hydrogen-bond acceptors (Lipinski definition) is 4. The van der Waals surface area contributed by atoms with Crippen LogP contribution in [0.25, 0.3) is 0 Å². The van der Waals surface area contributed by atoms with E-state index in [0.29, 0.717) is 26.1 Å². The molecule has 2 heterocycles. The van der Waals surface area contributed by atoms with Gasteiger partial charge >= 0.3 is 0 Å². The van der Waals surface area contributed by atoms with Crippen LogP contribution in [0.5, 0.6) is 0 Å². The van der Waals surface area contributed by atoms with Gasteiger partial charge < -0.3 is 4.74 Å². The first kappa shape index (κ1) is 13.2. The van der Waals surface area contributed by atoms with Gasteiger partial charge in [0.2, 0.25) is 11.8 Å². The molecule has 0 aromatic rings. The van der Waals surface area contributed by atoms with E-state index in [0.717, 1.165) is 0 Å². The molecule has 5 nitrogen and oxygen atoms in total. The molecule has 1 fully saturated rings. The quantitative estimate of drug-likeness (QED) is 0.554. The Bertz CT molecular complexity index is 401. The van der Waals surface area contributed by atoms with Crippen molar-refractivity contribution in [3.8, 4) is 0 Å². The Kier molecular flexibility index (Phi) is 3.54. The zero-order chi connectivity index (χ0) is 13.3. The molecule has 2 rings (SSSR count). The van der Waals surface area contributed by atoms with Crippen LogP contribution in [-0.2, 0) is 14.3 Å². The summed E-state index contributed by atoms with van der Waals surface area (Å²) in [5.74, 6) is -0.387. The van der Waals surface area contributed by atoms with Crippen LogP contribution in [0.2, 0.25) is 0 Å². The number of hydrogen-bond donors (Lipinski definition) is 1. The Hall–Kier alpha value is -1.20. The second-order valence-corrected chi connectivity index (χ2v) is 5.58. The third-order valence-electron chi connectivity index (χ3n) is 3.30. The first-order valence-corrected chi connectivity index (χ1v) is 6.27. The predicted molar refractivity (Wildman–Crippen MR) is 66.7 cm³/mol. The second-order valence-electron chi connectivity index (χ2n) is 5.58. The molecule has 0 radical (unpaired) electrons. The van der Waals surface area contributed by atoms with Gasteiger partial charge in [0.15, 0.2) is 0 Å². The number of carbonyl (C=O) groups is 2. The molecule has 1 saturated heterocycles. The van der Waals surface area contributed by atoms with Gasteiger partial charge in [0.05, 0.1) is 11.6 Å². The van der Waals surface area contributed by atoms with E-state index in [4.69, 9.17) is 4.74 Å². The van der Waals surface area contributed by atoms with Crippen LogP contribution in [0, 0.1) is 0 Å². The number of nitrogens with zero attached hydrogens (tertiary/aromatic N) is 1. The van der Waals surface area contributed by atoms with Crippen LogP contribution < -0.4 is 5.32 Å². The summed E-state index contributed by atoms with van der Waals surface area (Å²) >= 11 is 0. The molecule has 0 saturated carbocycles. The molecule has 1 unspecified atom stereocenters. The summed E-state index contributed by atoms with van der Waals surface area (Å²) in [5, 5.41) is 2.39. The van der Waals surface area contributed by atoms with Crippen molar-refractivity contribution in [2.45, 2.75) is 45.3 Å². The normalized spacial score (nSPS) is 29.5. The number of piperidine rings is 1. The van der Waals surface area contributed by atoms with Gasteiger partial charge in [-0.25, -0.2) is 0 Å². The van der Waals surface area contributed by atoms with Crippen LogP contribution in [0.4, 0.5) is 0 Å². The Morgan fingerprint density at radius 1 is 1.44 bits per heavy atom. The van der Waals surface area contributed by atoms with Gasteiger partial charge in [0.25, 0.3) is 0 Å². The first-order valence-electron chi connectivity index (χ1n) is 6.27. The Balaban J connectivity index is 2.08. The zero-order valence-corrected chi connectivity index (χ0v) is 11.2. The lowest BCUT2D eigenvalue weighted by atomic mass is 10.0. The largest absolute Gasteiger partial charge is 0.356 e. The highest BCUT2D eigenvalue weighted by Crippen LogP contribution is 2.22. The highest BCUT2D eigenvalue weighted by molar-refractivity contribution is 6.00. The molecular formula is C13H20N2O3. The minimum atomic E-state index is -0.306. The number of carbonyl (C=O) groups excluding carboxylic acids is 2. The molecule has 1 atom stereocenters. The minimum Gasteiger partial charge on any atom is -0.356 e. The summed E-state index contributed by atoms with van der Waals surface area (Å²) in [5.41, 5.74) is 0.877. The van der Waals surface area contributed by atoms with Gasteiger partial charge in [-0.3, -0.25) is 19.8 Å². The van der Waals surface area contributed by atoms with Gasteiger partial charge in [-0.05, 0) is 27.2 Å². The van der Waals surface area contributed by atoms with E-state index >= 15 is 0 Å². The van der Waals surface area contributed by atoms with Gasteiger partial charge in [-0.1, -0.05) is 11.6 Å². The van der Waals surface area contributed by atoms with Gasteiger partial charge in [0, 0.05) is 13.0 Å². The lowest BCUT2D eigenvalue weighted by Gasteiger charge is -2.32. The molecule has 2 aliphatic heterocycles. The molecule has 0 aliphatic carbocycles. The average molecular weight is 252 g/mol. The molecule has 0 aromatic carbocycles. The topological polar surface area (TPSA) is 58.6 Å². The van der Waals surface area contributed by atoms with Crippen molar-refractivity contribution in [2.75, 3.05) is 13.3 Å². The zero-order valence-electron chi connectivity index (χ0n) is 11.2. The Labute approximate surface area is 107 Å². The maximum absolute atomic E-state index is 11.8. The predicted octanol–water partition coefficient (Wildman–Crippen LogP) is 0.806. The molecule has 2 aliphatic rings. The molecule has 100 valence electrons. The van der Waals surface area contributed by atoms with E-state index in [1.165, 1.54) is 5.57 Å². The second kappa shape index (κ2) is 4.82. The summed E-state index contributed by atoms with van der Waals surface area (Å²) in [6.45, 7) is 7.16. The molecular weight excluding hydrogens is 232 g/mol. The summed E-state index contributed by atoms with van der Waals surface area (Å²) in [7, 11) is 0. The molecule has 0 aromatic heterocycles. The monoisotopic (exact) mass is 252 g/mol. The molecule has 5 heteroatoms. The molecule has 2 amide bonds. The third kappa shape index (κ3) is 2.97. The van der Waals surface area contributed by atoms with E-state index in [-0.39, 0.29) is 23.5 Å². The fourth-order valence-corrected chi connectivity index (χ4v) is 2.53. The van der Waals surface area contributed by atoms with Crippen LogP contribution in [0.3, 0.4) is 0 Å². The lowest BCUT2D eigenvalue weighted by Crippen LogP contribution is -2.53. The Morgan fingerprint density at radius 3 is 2.83 bits per heavy atom. The SMILES string of the molecule is CC1=CC(C)(C)OCN(C2CCC(=O)NC2=O)C1. The fraction of sp³-hybridized carbons (Fsp3) is 0.692. The van der Waals surface area contributed by atoms with Crippen LogP contribution >= 0.6 is 0 Å². The molecule has 1 N–H and O–H groups in total. The molecule has 0 spiro atoms. The summed E-state index contributed by atoms with van der Waals surface area (Å²) in [6, 6.07) is -0.264. The van der Waals surface area contributed by atoms with Gasteiger partial charge in [-0.2, -0.15) is 0 Å². The lowest BCUT2D eigenvalue weighted by molar-refractivity contribution is -0.140. The summed E-state index contributed by atoms with van der Waals surface area (Å²) < 4.78 is 5.79. The van der Waals surface area contributed by atoms with Crippen molar-refractivity contribution in [1.29, 1.82) is 0 Å². The van der Waals surface area contributed by atoms with Crippen LogP contribution in [-0.4, -0.2) is 41.6 Å². The summed E-state index contributed by atoms with van der Waals surface area (Å²) in [4.78, 5) is 25.0. The van der Waals surface area contributed by atoms with Crippen molar-refractivity contribution in [2.24, 2.45) is 0 Å². The van der Waals surface area contributed by atoms with Crippen LogP contribution in [0.15, 0.2) is 11.6 Å². The number of imide groups is 1. The van der Waals surface area contributed by atoms with Crippen molar-refractivity contribution >= 4 is 11.8 Å². The third-order valence-corrected chi connectivity index (χ3v) is 3.30. The average Bonchev–Trinajstić information content (AvgIpc) is 2.36. The number of amides is 2. The van der Waals surface area contributed by atoms with Gasteiger partial charge in [-0.15, -0.1) is 0 Å².